The molecule has 0 fully saturated rings. The highest BCUT2D eigenvalue weighted by Gasteiger charge is 2.38. The topological polar surface area (TPSA) is 136 Å². The van der Waals surface area contributed by atoms with Crippen LogP contribution in [0.2, 0.25) is 0 Å². The van der Waals surface area contributed by atoms with Gasteiger partial charge in [0.15, 0.2) is 0 Å². The third kappa shape index (κ3) is 9.03. The number of halogens is 3. The van der Waals surface area contributed by atoms with Crippen molar-refractivity contribution in [2.75, 3.05) is 19.5 Å². The summed E-state index contributed by atoms with van der Waals surface area (Å²) in [6.45, 7) is 0.261. The Hall–Kier alpha value is -2.98. The van der Waals surface area contributed by atoms with E-state index in [1.54, 1.807) is 12.1 Å². The molecule has 0 aliphatic heterocycles. The second-order valence-corrected chi connectivity index (χ2v) is 4.39. The summed E-state index contributed by atoms with van der Waals surface area (Å²) in [7, 11) is 1.27. The maximum absolute atomic E-state index is 11.4. The number of hydrogen-bond acceptors (Lipinski definition) is 6. The summed E-state index contributed by atoms with van der Waals surface area (Å²) < 4.78 is 41.6. The average molecular weight is 367 g/mol. The number of anilines is 1. The van der Waals surface area contributed by atoms with Gasteiger partial charge in [0.1, 0.15) is 5.75 Å². The molecule has 0 unspecified atom stereocenters. The Balaban J connectivity index is 0.000000697. The Kier molecular flexibility index (Phi) is 8.81. The molecule has 1 aromatic rings. The van der Waals surface area contributed by atoms with Gasteiger partial charge >= 0.3 is 24.1 Å². The number of ether oxygens (including phenoxy) is 2. The zero-order chi connectivity index (χ0) is 19.6. The van der Waals surface area contributed by atoms with Crippen LogP contribution in [0.15, 0.2) is 18.2 Å². The number of rotatable bonds is 6. The molecule has 0 aliphatic rings. The van der Waals surface area contributed by atoms with Gasteiger partial charge in [0, 0.05) is 12.1 Å². The molecule has 0 atom stereocenters. The van der Waals surface area contributed by atoms with Gasteiger partial charge in [0.2, 0.25) is 0 Å². The molecule has 140 valence electrons. The molecular weight excluding hydrogens is 351 g/mol. The first-order chi connectivity index (χ1) is 11.5. The van der Waals surface area contributed by atoms with Gasteiger partial charge in [0.25, 0.3) is 0 Å². The predicted octanol–water partition coefficient (Wildman–Crippen LogP) is 1.93. The first kappa shape index (κ1) is 22.0. The first-order valence-corrected chi connectivity index (χ1v) is 6.61. The molecule has 8 nitrogen and oxygen atoms in total. The van der Waals surface area contributed by atoms with Crippen LogP contribution in [0.3, 0.4) is 0 Å². The van der Waals surface area contributed by atoms with Crippen molar-refractivity contribution < 1.29 is 47.2 Å². The number of carbonyl (C=O) groups is 3. The number of methoxy groups -OCH3 is 1. The van der Waals surface area contributed by atoms with Crippen LogP contribution in [-0.2, 0) is 14.3 Å². The van der Waals surface area contributed by atoms with Crippen molar-refractivity contribution in [3.8, 4) is 5.75 Å². The maximum atomic E-state index is 11.4. The van der Waals surface area contributed by atoms with E-state index < -0.39 is 24.1 Å². The number of nitrogens with two attached hydrogens (primary N) is 1. The lowest BCUT2D eigenvalue weighted by molar-refractivity contribution is -0.192. The van der Waals surface area contributed by atoms with Crippen molar-refractivity contribution in [3.63, 3.8) is 0 Å². The van der Waals surface area contributed by atoms with E-state index in [4.69, 9.17) is 25.5 Å². The van der Waals surface area contributed by atoms with Crippen LogP contribution >= 0.6 is 0 Å². The summed E-state index contributed by atoms with van der Waals surface area (Å²) in [5.41, 5.74) is 6.16. The lowest BCUT2D eigenvalue weighted by atomic mass is 10.2. The molecule has 0 bridgehead atoms. The Bertz CT molecular complexity index is 617. The molecule has 0 heterocycles. The highest BCUT2D eigenvalue weighted by atomic mass is 19.4. The number of hydrogen-bond donors (Lipinski definition) is 3. The molecule has 11 heteroatoms. The van der Waals surface area contributed by atoms with Crippen molar-refractivity contribution in [3.05, 3.63) is 23.8 Å². The smallest absolute Gasteiger partial charge is 0.490 e. The lowest BCUT2D eigenvalue weighted by Crippen LogP contribution is -2.21. The van der Waals surface area contributed by atoms with Crippen molar-refractivity contribution in [1.82, 2.24) is 0 Å². The molecule has 0 spiro atoms. The van der Waals surface area contributed by atoms with Gasteiger partial charge in [-0.2, -0.15) is 13.2 Å². The monoisotopic (exact) mass is 367 g/mol. The summed E-state index contributed by atoms with van der Waals surface area (Å²) in [4.78, 5) is 30.6. The molecular formula is C14H16F3NO7. The van der Waals surface area contributed by atoms with E-state index in [2.05, 4.69) is 4.74 Å². The average Bonchev–Trinajstić information content (AvgIpc) is 2.51. The minimum absolute atomic E-state index is 0.0405. The van der Waals surface area contributed by atoms with Gasteiger partial charge in [-0.15, -0.1) is 0 Å². The Morgan fingerprint density at radius 1 is 1.20 bits per heavy atom. The van der Waals surface area contributed by atoms with Crippen molar-refractivity contribution in [1.29, 1.82) is 0 Å². The molecule has 0 radical (unpaired) electrons. The summed E-state index contributed by atoms with van der Waals surface area (Å²) in [5.74, 6) is -3.71. The number of nitrogen functional groups attached to an aromatic ring is 1. The number of benzene rings is 1. The van der Waals surface area contributed by atoms with E-state index in [1.165, 1.54) is 13.2 Å². The molecule has 0 saturated carbocycles. The first-order valence-electron chi connectivity index (χ1n) is 6.61. The minimum Gasteiger partial charge on any atom is -0.494 e. The van der Waals surface area contributed by atoms with Crippen LogP contribution in [0.5, 0.6) is 5.75 Å². The third-order valence-electron chi connectivity index (χ3n) is 2.48. The van der Waals surface area contributed by atoms with Crippen LogP contribution < -0.4 is 10.5 Å². The van der Waals surface area contributed by atoms with E-state index in [-0.39, 0.29) is 18.6 Å². The molecule has 0 aromatic heterocycles. The molecule has 1 aromatic carbocycles. The van der Waals surface area contributed by atoms with Gasteiger partial charge in [-0.3, -0.25) is 4.79 Å². The Labute approximate surface area is 139 Å². The van der Waals surface area contributed by atoms with E-state index in [0.717, 1.165) is 0 Å². The fraction of sp³-hybridized carbons (Fsp3) is 0.357. The number of carboxylic acid groups (broad SMARTS) is 2. The highest BCUT2D eigenvalue weighted by Crippen LogP contribution is 2.20. The minimum atomic E-state index is -5.08. The number of esters is 1. The molecule has 0 saturated heterocycles. The largest absolute Gasteiger partial charge is 0.494 e. The summed E-state index contributed by atoms with van der Waals surface area (Å²) in [6.07, 6.45) is -4.65. The standard InChI is InChI=1S/C12H15NO5.C2HF3O2/c1-17-12(16)9-7-8(4-5-10(9)13)18-6-2-3-11(14)15;3-2(4,5)1(6)7/h4-5,7H,2-3,6,13H2,1H3,(H,14,15);(H,6,7). The third-order valence-corrected chi connectivity index (χ3v) is 2.48. The summed E-state index contributed by atoms with van der Waals surface area (Å²) >= 11 is 0. The predicted molar refractivity (Wildman–Crippen MR) is 78.2 cm³/mol. The summed E-state index contributed by atoms with van der Waals surface area (Å²) in [5, 5.41) is 15.6. The lowest BCUT2D eigenvalue weighted by Gasteiger charge is -2.08. The van der Waals surface area contributed by atoms with Crippen LogP contribution in [0, 0.1) is 0 Å². The number of alkyl halides is 3. The van der Waals surface area contributed by atoms with E-state index in [0.29, 0.717) is 17.9 Å². The van der Waals surface area contributed by atoms with Gasteiger partial charge in [-0.25, -0.2) is 9.59 Å². The van der Waals surface area contributed by atoms with Crippen molar-refractivity contribution in [2.24, 2.45) is 0 Å². The zero-order valence-corrected chi connectivity index (χ0v) is 13.0. The Morgan fingerprint density at radius 3 is 2.20 bits per heavy atom. The van der Waals surface area contributed by atoms with Gasteiger partial charge in [0.05, 0.1) is 19.3 Å². The summed E-state index contributed by atoms with van der Waals surface area (Å²) in [6, 6.07) is 4.63. The number of aliphatic carboxylic acids is 2. The van der Waals surface area contributed by atoms with Crippen LogP contribution in [0.25, 0.3) is 0 Å². The number of carboxylic acids is 2. The fourth-order valence-electron chi connectivity index (χ4n) is 1.33. The fourth-order valence-corrected chi connectivity index (χ4v) is 1.33. The van der Waals surface area contributed by atoms with Gasteiger partial charge in [-0.05, 0) is 24.6 Å². The maximum Gasteiger partial charge on any atom is 0.490 e. The SMILES string of the molecule is COC(=O)c1cc(OCCCC(=O)O)ccc1N.O=C(O)C(F)(F)F. The van der Waals surface area contributed by atoms with Crippen LogP contribution in [0.1, 0.15) is 23.2 Å². The zero-order valence-electron chi connectivity index (χ0n) is 13.0. The molecule has 25 heavy (non-hydrogen) atoms. The van der Waals surface area contributed by atoms with E-state index in [1.807, 2.05) is 0 Å². The number of carbonyl (C=O) groups excluding carboxylic acids is 1. The molecule has 4 N–H and O–H groups in total. The van der Waals surface area contributed by atoms with Crippen molar-refractivity contribution >= 4 is 23.6 Å². The normalized spacial score (nSPS) is 10.2. The highest BCUT2D eigenvalue weighted by molar-refractivity contribution is 5.95. The quantitative estimate of drug-likeness (QED) is 0.394. The molecule has 0 amide bonds. The molecule has 1 rings (SSSR count). The van der Waals surface area contributed by atoms with Crippen LogP contribution in [-0.4, -0.2) is 48.0 Å². The van der Waals surface area contributed by atoms with Gasteiger partial charge < -0.3 is 25.4 Å². The molecule has 0 aliphatic carbocycles. The second-order valence-electron chi connectivity index (χ2n) is 4.39. The Morgan fingerprint density at radius 2 is 1.76 bits per heavy atom. The van der Waals surface area contributed by atoms with Crippen molar-refractivity contribution in [2.45, 2.75) is 19.0 Å². The second kappa shape index (κ2) is 10.0. The van der Waals surface area contributed by atoms with E-state index >= 15 is 0 Å². The van der Waals surface area contributed by atoms with E-state index in [9.17, 15) is 22.8 Å². The van der Waals surface area contributed by atoms with Gasteiger partial charge in [-0.1, -0.05) is 0 Å². The van der Waals surface area contributed by atoms with Crippen LogP contribution in [0.4, 0.5) is 18.9 Å².